The lowest BCUT2D eigenvalue weighted by Gasteiger charge is -2.09. The van der Waals surface area contributed by atoms with Gasteiger partial charge in [0, 0.05) is 23.8 Å². The molecule has 0 radical (unpaired) electrons. The molecule has 88 valence electrons. The third-order valence-corrected chi connectivity index (χ3v) is 2.63. The van der Waals surface area contributed by atoms with Gasteiger partial charge in [-0.05, 0) is 12.1 Å². The Morgan fingerprint density at radius 2 is 1.83 bits per heavy atom. The normalized spacial score (nSPS) is 10.4. The van der Waals surface area contributed by atoms with Gasteiger partial charge in [-0.1, -0.05) is 18.2 Å². The average Bonchev–Trinajstić information content (AvgIpc) is 2.42. The van der Waals surface area contributed by atoms with Crippen LogP contribution in [0, 0.1) is 0 Å². The number of rotatable bonds is 2. The molecule has 1 aromatic carbocycles. The molecule has 0 aliphatic carbocycles. The molecular weight excluding hydrogens is 226 g/mol. The monoisotopic (exact) mass is 237 g/mol. The van der Waals surface area contributed by atoms with Gasteiger partial charge in [-0.2, -0.15) is 0 Å². The fourth-order valence-electron chi connectivity index (χ4n) is 1.76. The van der Waals surface area contributed by atoms with Gasteiger partial charge in [0.15, 0.2) is 11.5 Å². The highest BCUT2D eigenvalue weighted by Gasteiger charge is 2.06. The smallest absolute Gasteiger partial charge is 0.153 e. The van der Waals surface area contributed by atoms with Gasteiger partial charge in [-0.25, -0.2) is 0 Å². The Morgan fingerprint density at radius 1 is 0.944 bits per heavy atom. The largest absolute Gasteiger partial charge is 0.453 e. The van der Waals surface area contributed by atoms with E-state index in [0.717, 1.165) is 10.9 Å². The molecular formula is C14H11N3O. The Hall–Kier alpha value is -2.62. The number of benzene rings is 1. The third kappa shape index (κ3) is 1.84. The maximum Gasteiger partial charge on any atom is 0.153 e. The van der Waals surface area contributed by atoms with Crippen molar-refractivity contribution < 1.29 is 4.74 Å². The highest BCUT2D eigenvalue weighted by molar-refractivity contribution is 5.84. The Kier molecular flexibility index (Phi) is 2.53. The van der Waals surface area contributed by atoms with E-state index >= 15 is 0 Å². The molecule has 0 saturated carbocycles. The van der Waals surface area contributed by atoms with E-state index in [2.05, 4.69) is 9.97 Å². The zero-order chi connectivity index (χ0) is 12.4. The minimum Gasteiger partial charge on any atom is -0.453 e. The molecule has 0 amide bonds. The van der Waals surface area contributed by atoms with Gasteiger partial charge in [0.05, 0.1) is 11.9 Å². The molecule has 0 bridgehead atoms. The Balaban J connectivity index is 2.08. The van der Waals surface area contributed by atoms with Crippen molar-refractivity contribution in [1.82, 2.24) is 9.97 Å². The van der Waals surface area contributed by atoms with E-state index in [1.54, 1.807) is 24.7 Å². The molecule has 2 N–H and O–H groups in total. The van der Waals surface area contributed by atoms with E-state index < -0.39 is 0 Å². The van der Waals surface area contributed by atoms with Gasteiger partial charge in [0.1, 0.15) is 5.52 Å². The molecule has 0 fully saturated rings. The summed E-state index contributed by atoms with van der Waals surface area (Å²) in [6.45, 7) is 0. The lowest BCUT2D eigenvalue weighted by atomic mass is 10.2. The zero-order valence-electron chi connectivity index (χ0n) is 9.58. The van der Waals surface area contributed by atoms with Crippen LogP contribution in [0.4, 0.5) is 5.69 Å². The lowest BCUT2D eigenvalue weighted by molar-refractivity contribution is 0.489. The van der Waals surface area contributed by atoms with E-state index in [1.807, 2.05) is 30.3 Å². The molecule has 2 heterocycles. The number of nitrogens with two attached hydrogens (primary N) is 1. The fraction of sp³-hybridized carbons (Fsp3) is 0. The molecule has 0 unspecified atom stereocenters. The van der Waals surface area contributed by atoms with Crippen LogP contribution in [0.1, 0.15) is 0 Å². The van der Waals surface area contributed by atoms with Crippen LogP contribution in [-0.4, -0.2) is 9.97 Å². The second-order valence-corrected chi connectivity index (χ2v) is 3.85. The Bertz CT molecular complexity index is 692. The lowest BCUT2D eigenvalue weighted by Crippen LogP contribution is -1.93. The number of para-hydroxylation sites is 1. The summed E-state index contributed by atoms with van der Waals surface area (Å²) in [6, 6.07) is 11.4. The average molecular weight is 237 g/mol. The van der Waals surface area contributed by atoms with E-state index in [-0.39, 0.29) is 0 Å². The second-order valence-electron chi connectivity index (χ2n) is 3.85. The van der Waals surface area contributed by atoms with E-state index in [4.69, 9.17) is 10.5 Å². The summed E-state index contributed by atoms with van der Waals surface area (Å²) >= 11 is 0. The number of nitrogen functional groups attached to an aromatic ring is 1. The first-order valence-electron chi connectivity index (χ1n) is 5.56. The Labute approximate surface area is 104 Å². The molecule has 3 rings (SSSR count). The van der Waals surface area contributed by atoms with Crippen LogP contribution in [0.5, 0.6) is 11.5 Å². The predicted octanol–water partition coefficient (Wildman–Crippen LogP) is 3.00. The number of aromatic nitrogens is 2. The highest BCUT2D eigenvalue weighted by atomic mass is 16.5. The minimum atomic E-state index is 0.505. The standard InChI is InChI=1S/C14H11N3O/c15-11-9-16-8-6-12(11)18-13-5-1-3-10-4-2-7-17-14(10)13/h1-9H,15H2. The van der Waals surface area contributed by atoms with Crippen molar-refractivity contribution in [2.24, 2.45) is 0 Å². The van der Waals surface area contributed by atoms with Crippen LogP contribution in [0.15, 0.2) is 55.0 Å². The number of fused-ring (bicyclic) bond motifs is 1. The van der Waals surface area contributed by atoms with Gasteiger partial charge in [0.2, 0.25) is 0 Å². The summed E-state index contributed by atoms with van der Waals surface area (Å²) in [5.41, 5.74) is 7.13. The number of ether oxygens (including phenoxy) is 1. The predicted molar refractivity (Wildman–Crippen MR) is 70.5 cm³/mol. The first-order chi connectivity index (χ1) is 8.84. The molecule has 18 heavy (non-hydrogen) atoms. The number of hydrogen-bond acceptors (Lipinski definition) is 4. The van der Waals surface area contributed by atoms with Crippen LogP contribution in [-0.2, 0) is 0 Å². The molecule has 0 saturated heterocycles. The first-order valence-corrected chi connectivity index (χ1v) is 5.56. The summed E-state index contributed by atoms with van der Waals surface area (Å²) in [4.78, 5) is 8.25. The number of hydrogen-bond donors (Lipinski definition) is 1. The van der Waals surface area contributed by atoms with Crippen LogP contribution in [0.25, 0.3) is 10.9 Å². The number of nitrogens with zero attached hydrogens (tertiary/aromatic N) is 2. The number of anilines is 1. The van der Waals surface area contributed by atoms with Crippen molar-refractivity contribution in [3.63, 3.8) is 0 Å². The van der Waals surface area contributed by atoms with Gasteiger partial charge in [-0.15, -0.1) is 0 Å². The number of pyridine rings is 2. The maximum atomic E-state index is 5.80. The minimum absolute atomic E-state index is 0.505. The molecule has 4 nitrogen and oxygen atoms in total. The first kappa shape index (κ1) is 10.5. The summed E-state index contributed by atoms with van der Waals surface area (Å²) < 4.78 is 5.79. The molecule has 0 spiro atoms. The summed E-state index contributed by atoms with van der Waals surface area (Å²) in [5.74, 6) is 1.27. The Morgan fingerprint density at radius 3 is 2.72 bits per heavy atom. The van der Waals surface area contributed by atoms with Crippen molar-refractivity contribution in [2.45, 2.75) is 0 Å². The fourth-order valence-corrected chi connectivity index (χ4v) is 1.76. The van der Waals surface area contributed by atoms with Crippen molar-refractivity contribution in [2.75, 3.05) is 5.73 Å². The molecule has 2 aromatic heterocycles. The zero-order valence-corrected chi connectivity index (χ0v) is 9.58. The maximum absolute atomic E-state index is 5.80. The van der Waals surface area contributed by atoms with Crippen LogP contribution < -0.4 is 10.5 Å². The molecule has 0 atom stereocenters. The summed E-state index contributed by atoms with van der Waals surface area (Å²) in [5, 5.41) is 1.03. The summed E-state index contributed by atoms with van der Waals surface area (Å²) in [7, 11) is 0. The van der Waals surface area contributed by atoms with Crippen molar-refractivity contribution in [1.29, 1.82) is 0 Å². The van der Waals surface area contributed by atoms with E-state index in [9.17, 15) is 0 Å². The van der Waals surface area contributed by atoms with E-state index in [1.165, 1.54) is 0 Å². The van der Waals surface area contributed by atoms with Crippen LogP contribution in [0.2, 0.25) is 0 Å². The molecule has 0 aliphatic rings. The topological polar surface area (TPSA) is 61.0 Å². The quantitative estimate of drug-likeness (QED) is 0.744. The van der Waals surface area contributed by atoms with Gasteiger partial charge < -0.3 is 10.5 Å². The van der Waals surface area contributed by atoms with Crippen LogP contribution in [0.3, 0.4) is 0 Å². The van der Waals surface area contributed by atoms with Gasteiger partial charge >= 0.3 is 0 Å². The molecule has 0 aliphatic heterocycles. The van der Waals surface area contributed by atoms with Crippen LogP contribution >= 0.6 is 0 Å². The van der Waals surface area contributed by atoms with Gasteiger partial charge in [0.25, 0.3) is 0 Å². The highest BCUT2D eigenvalue weighted by Crippen LogP contribution is 2.30. The summed E-state index contributed by atoms with van der Waals surface area (Å²) in [6.07, 6.45) is 4.95. The third-order valence-electron chi connectivity index (χ3n) is 2.63. The molecule has 4 heteroatoms. The van der Waals surface area contributed by atoms with Crippen molar-refractivity contribution in [3.8, 4) is 11.5 Å². The van der Waals surface area contributed by atoms with Crippen molar-refractivity contribution >= 4 is 16.6 Å². The second kappa shape index (κ2) is 4.33. The van der Waals surface area contributed by atoms with Crippen molar-refractivity contribution in [3.05, 3.63) is 55.0 Å². The SMILES string of the molecule is Nc1cnccc1Oc1cccc2cccnc12. The molecule has 3 aromatic rings. The van der Waals surface area contributed by atoms with E-state index in [0.29, 0.717) is 17.2 Å². The van der Waals surface area contributed by atoms with Gasteiger partial charge in [-0.3, -0.25) is 9.97 Å².